The van der Waals surface area contributed by atoms with Gasteiger partial charge in [-0.05, 0) is 26.0 Å². The van der Waals surface area contributed by atoms with Crippen LogP contribution in [-0.2, 0) is 4.74 Å². The van der Waals surface area contributed by atoms with Crippen LogP contribution in [0, 0.1) is 0 Å². The van der Waals surface area contributed by atoms with Crippen molar-refractivity contribution in [2.45, 2.75) is 19.9 Å². The van der Waals surface area contributed by atoms with Crippen molar-refractivity contribution in [2.75, 3.05) is 25.6 Å². The molecular weight excluding hydrogens is 352 g/mol. The molecule has 0 aliphatic rings. The van der Waals surface area contributed by atoms with Gasteiger partial charge in [0, 0.05) is 55.8 Å². The van der Waals surface area contributed by atoms with Crippen molar-refractivity contribution in [3.8, 4) is 17.3 Å². The number of thiol groups is 1. The predicted molar refractivity (Wildman–Crippen MR) is 105 cm³/mol. The van der Waals surface area contributed by atoms with Crippen LogP contribution in [0.1, 0.15) is 13.8 Å². The van der Waals surface area contributed by atoms with Gasteiger partial charge >= 0.3 is 0 Å². The third-order valence-electron chi connectivity index (χ3n) is 3.64. The summed E-state index contributed by atoms with van der Waals surface area (Å²) in [4.78, 5) is 4.68. The Balaban J connectivity index is 1.96. The molecule has 3 aromatic rings. The molecule has 0 fully saturated rings. The molecule has 0 saturated heterocycles. The lowest BCUT2D eigenvalue weighted by molar-refractivity contribution is 0.146. The van der Waals surface area contributed by atoms with Crippen LogP contribution < -0.4 is 14.2 Å². The lowest BCUT2D eigenvalue weighted by Crippen LogP contribution is -2.10. The Morgan fingerprint density at radius 3 is 2.77 bits per heavy atom. The fourth-order valence-electron chi connectivity index (χ4n) is 2.51. The fourth-order valence-corrected chi connectivity index (χ4v) is 2.66. The van der Waals surface area contributed by atoms with Crippen molar-refractivity contribution in [3.63, 3.8) is 0 Å². The van der Waals surface area contributed by atoms with Crippen LogP contribution in [0.4, 0.5) is 5.82 Å². The molecule has 0 atom stereocenters. The third-order valence-corrected chi connectivity index (χ3v) is 3.84. The summed E-state index contributed by atoms with van der Waals surface area (Å²) in [6.45, 7) is 5.12. The highest BCUT2D eigenvalue weighted by Crippen LogP contribution is 2.30. The average molecular weight is 374 g/mol. The summed E-state index contributed by atoms with van der Waals surface area (Å²) in [5, 5.41) is 8.60. The molecule has 0 unspecified atom stereocenters. The Kier molecular flexibility index (Phi) is 5.85. The molecule has 2 aromatic heterocycles. The van der Waals surface area contributed by atoms with E-state index in [1.54, 1.807) is 17.9 Å². The number of anilines is 1. The molecule has 26 heavy (non-hydrogen) atoms. The van der Waals surface area contributed by atoms with Crippen molar-refractivity contribution < 1.29 is 13.7 Å². The van der Waals surface area contributed by atoms with Gasteiger partial charge in [0.15, 0.2) is 5.82 Å². The summed E-state index contributed by atoms with van der Waals surface area (Å²) in [5.74, 6) is 2.73. The van der Waals surface area contributed by atoms with Gasteiger partial charge in [0.05, 0.1) is 12.1 Å². The van der Waals surface area contributed by atoms with Crippen molar-refractivity contribution in [1.82, 2.24) is 14.8 Å². The standard InChI is InChI=1S/C18H22N4O3S/c1-12(2)19-17-6-7-22(21-17)18-11-16(25-26)14-5-4-13(10-15(14)20-18)24-9-8-23-3/h4-7,10-12,26H,8-9H2,1-3H3,(H,19,21). The molecule has 7 nitrogen and oxygen atoms in total. The molecular formula is C18H22N4O3S. The maximum absolute atomic E-state index is 5.66. The summed E-state index contributed by atoms with van der Waals surface area (Å²) >= 11 is 3.97. The molecule has 1 aromatic carbocycles. The second kappa shape index (κ2) is 8.29. The second-order valence-electron chi connectivity index (χ2n) is 6.03. The first-order valence-electron chi connectivity index (χ1n) is 8.31. The lowest BCUT2D eigenvalue weighted by atomic mass is 10.2. The largest absolute Gasteiger partial charge is 0.491 e. The topological polar surface area (TPSA) is 70.4 Å². The van der Waals surface area contributed by atoms with E-state index in [0.717, 1.165) is 16.7 Å². The first-order chi connectivity index (χ1) is 12.6. The zero-order chi connectivity index (χ0) is 18.5. The molecule has 3 rings (SSSR count). The number of hydrogen-bond donors (Lipinski definition) is 2. The highest BCUT2D eigenvalue weighted by molar-refractivity contribution is 7.75. The maximum Gasteiger partial charge on any atom is 0.157 e. The van der Waals surface area contributed by atoms with Crippen LogP contribution in [-0.4, -0.2) is 41.1 Å². The SMILES string of the molecule is COCCOc1ccc2c(OS)cc(-n3ccc(NC(C)C)n3)nc2c1. The van der Waals surface area contributed by atoms with E-state index in [-0.39, 0.29) is 0 Å². The van der Waals surface area contributed by atoms with Gasteiger partial charge in [0.1, 0.15) is 23.9 Å². The van der Waals surface area contributed by atoms with Gasteiger partial charge in [-0.15, -0.1) is 5.10 Å². The number of hydrogen-bond acceptors (Lipinski definition) is 7. The zero-order valence-electron chi connectivity index (χ0n) is 15.0. The molecule has 0 aliphatic carbocycles. The predicted octanol–water partition coefficient (Wildman–Crippen LogP) is 3.49. The molecule has 138 valence electrons. The van der Waals surface area contributed by atoms with Gasteiger partial charge in [-0.2, -0.15) is 0 Å². The van der Waals surface area contributed by atoms with Crippen molar-refractivity contribution in [1.29, 1.82) is 0 Å². The molecule has 0 bridgehead atoms. The van der Waals surface area contributed by atoms with Gasteiger partial charge in [-0.1, -0.05) is 0 Å². The van der Waals surface area contributed by atoms with E-state index in [2.05, 4.69) is 42.2 Å². The molecule has 0 radical (unpaired) electrons. The van der Waals surface area contributed by atoms with E-state index >= 15 is 0 Å². The molecule has 8 heteroatoms. The molecule has 0 spiro atoms. The highest BCUT2D eigenvalue weighted by atomic mass is 32.1. The Labute approximate surface area is 157 Å². The van der Waals surface area contributed by atoms with Gasteiger partial charge in [-0.3, -0.25) is 0 Å². The monoisotopic (exact) mass is 374 g/mol. The molecule has 1 N–H and O–H groups in total. The molecule has 2 heterocycles. The molecule has 0 aliphatic heterocycles. The van der Waals surface area contributed by atoms with Crippen LogP contribution in [0.2, 0.25) is 0 Å². The van der Waals surface area contributed by atoms with Crippen LogP contribution >= 0.6 is 12.9 Å². The number of benzene rings is 1. The maximum atomic E-state index is 5.66. The average Bonchev–Trinajstić information content (AvgIpc) is 3.08. The van der Waals surface area contributed by atoms with Gasteiger partial charge in [0.2, 0.25) is 0 Å². The van der Waals surface area contributed by atoms with Gasteiger partial charge < -0.3 is 19.0 Å². The summed E-state index contributed by atoms with van der Waals surface area (Å²) in [7, 11) is 1.64. The number of aromatic nitrogens is 3. The van der Waals surface area contributed by atoms with E-state index in [4.69, 9.17) is 13.7 Å². The van der Waals surface area contributed by atoms with E-state index in [0.29, 0.717) is 36.6 Å². The van der Waals surface area contributed by atoms with Crippen LogP contribution in [0.3, 0.4) is 0 Å². The fraction of sp³-hybridized carbons (Fsp3) is 0.333. The Morgan fingerprint density at radius 1 is 1.19 bits per heavy atom. The zero-order valence-corrected chi connectivity index (χ0v) is 15.9. The highest BCUT2D eigenvalue weighted by Gasteiger charge is 2.11. The lowest BCUT2D eigenvalue weighted by Gasteiger charge is -2.10. The number of rotatable bonds is 8. The quantitative estimate of drug-likeness (QED) is 0.357. The van der Waals surface area contributed by atoms with Crippen molar-refractivity contribution in [2.24, 2.45) is 0 Å². The summed E-state index contributed by atoms with van der Waals surface area (Å²) in [5.41, 5.74) is 0.732. The van der Waals surface area contributed by atoms with Crippen LogP contribution in [0.25, 0.3) is 16.7 Å². The third kappa shape index (κ3) is 4.20. The number of methoxy groups -OCH3 is 1. The van der Waals surface area contributed by atoms with E-state index in [1.807, 2.05) is 30.5 Å². The minimum atomic E-state index is 0.297. The van der Waals surface area contributed by atoms with E-state index < -0.39 is 0 Å². The van der Waals surface area contributed by atoms with Gasteiger partial charge in [0.25, 0.3) is 0 Å². The number of nitrogens with zero attached hydrogens (tertiary/aromatic N) is 3. The number of nitrogens with one attached hydrogen (secondary N) is 1. The number of fused-ring (bicyclic) bond motifs is 1. The Bertz CT molecular complexity index is 882. The first kappa shape index (κ1) is 18.3. The van der Waals surface area contributed by atoms with Crippen molar-refractivity contribution in [3.05, 3.63) is 36.5 Å². The normalized spacial score (nSPS) is 11.1. The number of ether oxygens (including phenoxy) is 2. The summed E-state index contributed by atoms with van der Waals surface area (Å²) in [6.07, 6.45) is 1.85. The Hall–Kier alpha value is -2.45. The second-order valence-corrected chi connectivity index (χ2v) is 6.22. The summed E-state index contributed by atoms with van der Waals surface area (Å²) in [6, 6.07) is 9.63. The van der Waals surface area contributed by atoms with Crippen molar-refractivity contribution >= 4 is 29.6 Å². The summed E-state index contributed by atoms with van der Waals surface area (Å²) < 4.78 is 17.6. The molecule has 0 amide bonds. The molecule has 0 saturated carbocycles. The first-order valence-corrected chi connectivity index (χ1v) is 8.67. The Morgan fingerprint density at radius 2 is 2.04 bits per heavy atom. The van der Waals surface area contributed by atoms with E-state index in [9.17, 15) is 0 Å². The van der Waals surface area contributed by atoms with Crippen LogP contribution in [0.15, 0.2) is 36.5 Å². The minimum absolute atomic E-state index is 0.297. The minimum Gasteiger partial charge on any atom is -0.491 e. The van der Waals surface area contributed by atoms with Gasteiger partial charge in [-0.25, -0.2) is 9.67 Å². The van der Waals surface area contributed by atoms with Crippen LogP contribution in [0.5, 0.6) is 11.5 Å². The number of pyridine rings is 1. The van der Waals surface area contributed by atoms with E-state index in [1.165, 1.54) is 0 Å². The smallest absolute Gasteiger partial charge is 0.157 e.